The van der Waals surface area contributed by atoms with Crippen molar-refractivity contribution in [2.24, 2.45) is 11.8 Å². The Morgan fingerprint density at radius 2 is 0.554 bits per heavy atom. The summed E-state index contributed by atoms with van der Waals surface area (Å²) < 4.78 is 67.6. The Morgan fingerprint density at radius 3 is 0.819 bits per heavy atom. The van der Waals surface area contributed by atoms with E-state index < -0.39 is 97.5 Å². The lowest BCUT2D eigenvalue weighted by Gasteiger charge is -2.21. The molecule has 0 rings (SSSR count). The van der Waals surface area contributed by atoms with Gasteiger partial charge in [-0.3, -0.25) is 37.3 Å². The number of esters is 4. The molecule has 0 spiro atoms. The summed E-state index contributed by atoms with van der Waals surface area (Å²) in [5.74, 6) is -0.626. The molecule has 5 atom stereocenters. The molecule has 0 aromatic rings. The Kier molecular flexibility index (Phi) is 55.2. The number of hydrogen-bond donors (Lipinski definition) is 3. The predicted molar refractivity (Wildman–Crippen MR) is 331 cm³/mol. The molecule has 0 aromatic carbocycles. The van der Waals surface area contributed by atoms with Crippen molar-refractivity contribution in [3.63, 3.8) is 0 Å². The van der Waals surface area contributed by atoms with Gasteiger partial charge in [-0.05, 0) is 37.5 Å². The molecule has 0 heterocycles. The van der Waals surface area contributed by atoms with Gasteiger partial charge in [0.15, 0.2) is 12.2 Å². The normalized spacial score (nSPS) is 14.3. The third kappa shape index (κ3) is 58.8. The topological polar surface area (TPSA) is 237 Å². The van der Waals surface area contributed by atoms with Gasteiger partial charge < -0.3 is 33.8 Å². The van der Waals surface area contributed by atoms with E-state index in [1.165, 1.54) is 109 Å². The number of aliphatic hydroxyl groups excluding tert-OH is 1. The third-order valence-corrected chi connectivity index (χ3v) is 16.6. The minimum atomic E-state index is -4.94. The molecule has 0 aliphatic rings. The van der Waals surface area contributed by atoms with Crippen LogP contribution in [-0.4, -0.2) is 96.7 Å². The Morgan fingerprint density at radius 1 is 0.325 bits per heavy atom. The van der Waals surface area contributed by atoms with E-state index >= 15 is 0 Å². The molecular formula is C64H124O17P2. The SMILES string of the molecule is CCCCCCCCCC(=O)O[C@H](COC(=O)CCCCCCC)COP(=O)(O)OC[C@H](O)COP(=O)(O)OC[C@@H](COC(=O)CCCCCCCCCC(C)C)OC(=O)CCCCCCCCCCCCCCCCCCCCC(C)C. The van der Waals surface area contributed by atoms with Gasteiger partial charge >= 0.3 is 39.5 Å². The summed E-state index contributed by atoms with van der Waals surface area (Å²) in [7, 11) is -9.87. The van der Waals surface area contributed by atoms with Crippen molar-refractivity contribution in [3.05, 3.63) is 0 Å². The van der Waals surface area contributed by atoms with Gasteiger partial charge in [0.25, 0.3) is 0 Å². The minimum absolute atomic E-state index is 0.103. The summed E-state index contributed by atoms with van der Waals surface area (Å²) in [5.41, 5.74) is 0. The second-order valence-corrected chi connectivity index (χ2v) is 27.0. The molecule has 19 heteroatoms. The molecule has 492 valence electrons. The highest BCUT2D eigenvalue weighted by Crippen LogP contribution is 2.45. The summed E-state index contributed by atoms with van der Waals surface area (Å²) in [4.78, 5) is 71.8. The van der Waals surface area contributed by atoms with E-state index in [1.807, 2.05) is 0 Å². The van der Waals surface area contributed by atoms with Crippen molar-refractivity contribution in [3.8, 4) is 0 Å². The molecule has 0 fully saturated rings. The molecule has 0 bridgehead atoms. The van der Waals surface area contributed by atoms with E-state index in [2.05, 4.69) is 41.5 Å². The number of phosphoric acid groups is 2. The molecule has 3 N–H and O–H groups in total. The molecule has 83 heavy (non-hydrogen) atoms. The quantitative estimate of drug-likeness (QED) is 0.0222. The fourth-order valence-corrected chi connectivity index (χ4v) is 11.1. The second kappa shape index (κ2) is 56.6. The average Bonchev–Trinajstić information content (AvgIpc) is 3.46. The van der Waals surface area contributed by atoms with Crippen LogP contribution < -0.4 is 0 Å². The van der Waals surface area contributed by atoms with E-state index in [-0.39, 0.29) is 25.7 Å². The number of carbonyl (C=O) groups excluding carboxylic acids is 4. The number of phosphoric ester groups is 2. The molecule has 0 saturated heterocycles. The molecule has 0 aliphatic heterocycles. The number of rotatable bonds is 63. The van der Waals surface area contributed by atoms with Crippen molar-refractivity contribution in [2.45, 2.75) is 336 Å². The van der Waals surface area contributed by atoms with E-state index in [4.69, 9.17) is 37.0 Å². The van der Waals surface area contributed by atoms with Crippen LogP contribution in [0.5, 0.6) is 0 Å². The Bertz CT molecular complexity index is 1630. The number of hydrogen-bond acceptors (Lipinski definition) is 15. The van der Waals surface area contributed by atoms with Crippen LogP contribution in [-0.2, 0) is 65.4 Å². The van der Waals surface area contributed by atoms with Gasteiger partial charge in [0, 0.05) is 25.7 Å². The number of unbranched alkanes of at least 4 members (excludes halogenated alkanes) is 33. The standard InChI is InChI=1S/C64H124O17P2/c1-7-9-11-13-27-36-42-48-63(68)80-59(52-74-61(66)46-40-32-12-10-8-2)54-78-82(70,71)76-50-58(65)51-77-83(72,73)79-55-60(53-75-62(67)47-41-35-31-26-29-34-39-45-57(5)6)81-64(69)49-43-37-30-25-23-21-19-17-15-14-16-18-20-22-24-28-33-38-44-56(3)4/h56-60,65H,7-55H2,1-6H3,(H,70,71)(H,72,73)/t58-,59+,60+/m0/s1. The maximum atomic E-state index is 13.0. The monoisotopic (exact) mass is 1230 g/mol. The minimum Gasteiger partial charge on any atom is -0.462 e. The van der Waals surface area contributed by atoms with Crippen LogP contribution in [0.15, 0.2) is 0 Å². The van der Waals surface area contributed by atoms with Gasteiger partial charge in [-0.1, -0.05) is 266 Å². The van der Waals surface area contributed by atoms with Gasteiger partial charge in [0.05, 0.1) is 26.4 Å². The molecule has 0 radical (unpaired) electrons. The fourth-order valence-electron chi connectivity index (χ4n) is 9.53. The highest BCUT2D eigenvalue weighted by Gasteiger charge is 2.30. The largest absolute Gasteiger partial charge is 0.472 e. The maximum absolute atomic E-state index is 13.0. The zero-order valence-electron chi connectivity index (χ0n) is 53.5. The smallest absolute Gasteiger partial charge is 0.462 e. The highest BCUT2D eigenvalue weighted by molar-refractivity contribution is 7.47. The van der Waals surface area contributed by atoms with Gasteiger partial charge in [-0.15, -0.1) is 0 Å². The predicted octanol–water partition coefficient (Wildman–Crippen LogP) is 17.7. The average molecular weight is 1230 g/mol. The second-order valence-electron chi connectivity index (χ2n) is 24.1. The van der Waals surface area contributed by atoms with Gasteiger partial charge in [-0.2, -0.15) is 0 Å². The van der Waals surface area contributed by atoms with Crippen LogP contribution in [0, 0.1) is 11.8 Å². The lowest BCUT2D eigenvalue weighted by Crippen LogP contribution is -2.30. The van der Waals surface area contributed by atoms with Crippen LogP contribution in [0.4, 0.5) is 0 Å². The first kappa shape index (κ1) is 81.1. The van der Waals surface area contributed by atoms with E-state index in [0.29, 0.717) is 31.6 Å². The number of carbonyl (C=O) groups is 4. The maximum Gasteiger partial charge on any atom is 0.472 e. The van der Waals surface area contributed by atoms with E-state index in [1.54, 1.807) is 0 Å². The molecule has 0 aliphatic carbocycles. The summed E-state index contributed by atoms with van der Waals surface area (Å²) in [6, 6.07) is 0. The molecule has 0 saturated carbocycles. The Hall–Kier alpha value is -1.94. The number of aliphatic hydroxyl groups is 1. The lowest BCUT2D eigenvalue weighted by atomic mass is 10.0. The summed E-state index contributed by atoms with van der Waals surface area (Å²) in [6.07, 6.45) is 39.7. The van der Waals surface area contributed by atoms with E-state index in [9.17, 15) is 43.2 Å². The molecule has 0 amide bonds. The van der Waals surface area contributed by atoms with Gasteiger partial charge in [0.1, 0.15) is 19.3 Å². The lowest BCUT2D eigenvalue weighted by molar-refractivity contribution is -0.161. The van der Waals surface area contributed by atoms with Crippen LogP contribution >= 0.6 is 15.6 Å². The van der Waals surface area contributed by atoms with Crippen LogP contribution in [0.1, 0.15) is 318 Å². The van der Waals surface area contributed by atoms with Gasteiger partial charge in [0.2, 0.25) is 0 Å². The van der Waals surface area contributed by atoms with Crippen molar-refractivity contribution in [1.29, 1.82) is 0 Å². The molecule has 17 nitrogen and oxygen atoms in total. The van der Waals surface area contributed by atoms with Crippen molar-refractivity contribution in [1.82, 2.24) is 0 Å². The van der Waals surface area contributed by atoms with Crippen LogP contribution in [0.3, 0.4) is 0 Å². The first-order valence-corrected chi connectivity index (χ1v) is 36.5. The summed E-state index contributed by atoms with van der Waals surface area (Å²) in [5, 5.41) is 10.5. The zero-order chi connectivity index (χ0) is 61.5. The zero-order valence-corrected chi connectivity index (χ0v) is 55.3. The van der Waals surface area contributed by atoms with Crippen LogP contribution in [0.25, 0.3) is 0 Å². The van der Waals surface area contributed by atoms with Crippen molar-refractivity contribution >= 4 is 39.5 Å². The van der Waals surface area contributed by atoms with Crippen molar-refractivity contribution < 1.29 is 80.2 Å². The summed E-state index contributed by atoms with van der Waals surface area (Å²) >= 11 is 0. The van der Waals surface area contributed by atoms with E-state index in [0.717, 1.165) is 121 Å². The number of ether oxygens (including phenoxy) is 4. The fraction of sp³-hybridized carbons (Fsp3) is 0.938. The first-order chi connectivity index (χ1) is 39.9. The van der Waals surface area contributed by atoms with Crippen molar-refractivity contribution in [2.75, 3.05) is 39.6 Å². The Balaban J connectivity index is 5.05. The molecule has 2 unspecified atom stereocenters. The Labute approximate surface area is 505 Å². The highest BCUT2D eigenvalue weighted by atomic mass is 31.2. The first-order valence-electron chi connectivity index (χ1n) is 33.5. The van der Waals surface area contributed by atoms with Gasteiger partial charge in [-0.25, -0.2) is 9.13 Å². The van der Waals surface area contributed by atoms with Crippen LogP contribution in [0.2, 0.25) is 0 Å². The molecule has 0 aromatic heterocycles. The molecular weight excluding hydrogens is 1100 g/mol. The summed E-state index contributed by atoms with van der Waals surface area (Å²) in [6.45, 7) is 9.34. The third-order valence-electron chi connectivity index (χ3n) is 14.7.